The molecular formula is C24H21FN2O5S. The standard InChI is InChI=1S/C24H21FN2O5S/c1-26-33(29,30)18-6-2-15(3-7-18)19-13-17(5-8-20(19)25)27-23(28)24(10-11-24)16-4-9-21-22(12-16)32-14-31-21/h2-9,12-13,26H,10-11,14H2,1H3,(H,27,28). The van der Waals surface area contributed by atoms with Crippen LogP contribution >= 0.6 is 0 Å². The summed E-state index contributed by atoms with van der Waals surface area (Å²) in [6.45, 7) is 0.165. The maximum absolute atomic E-state index is 14.6. The Labute approximate surface area is 190 Å². The summed E-state index contributed by atoms with van der Waals surface area (Å²) < 4.78 is 51.4. The molecule has 3 aromatic rings. The lowest BCUT2D eigenvalue weighted by Crippen LogP contribution is -2.27. The predicted octanol–water partition coefficient (Wildman–Crippen LogP) is 3.80. The van der Waals surface area contributed by atoms with Crippen molar-refractivity contribution in [2.75, 3.05) is 19.2 Å². The average Bonchev–Trinajstić information content (AvgIpc) is 3.51. The molecule has 1 heterocycles. The summed E-state index contributed by atoms with van der Waals surface area (Å²) in [6.07, 6.45) is 1.40. The van der Waals surface area contributed by atoms with Crippen LogP contribution in [0.25, 0.3) is 11.1 Å². The van der Waals surface area contributed by atoms with Gasteiger partial charge in [-0.3, -0.25) is 4.79 Å². The number of hydrogen-bond acceptors (Lipinski definition) is 5. The molecule has 1 amide bonds. The van der Waals surface area contributed by atoms with Gasteiger partial charge in [-0.15, -0.1) is 0 Å². The third-order valence-electron chi connectivity index (χ3n) is 6.08. The van der Waals surface area contributed by atoms with Gasteiger partial charge in [0.2, 0.25) is 22.7 Å². The van der Waals surface area contributed by atoms with E-state index in [0.29, 0.717) is 35.6 Å². The Morgan fingerprint density at radius 1 is 0.970 bits per heavy atom. The number of fused-ring (bicyclic) bond motifs is 1. The molecule has 1 aliphatic heterocycles. The summed E-state index contributed by atoms with van der Waals surface area (Å²) in [5.74, 6) is 0.634. The maximum Gasteiger partial charge on any atom is 0.240 e. The zero-order valence-corrected chi connectivity index (χ0v) is 18.5. The fourth-order valence-electron chi connectivity index (χ4n) is 3.97. The van der Waals surface area contributed by atoms with E-state index in [1.165, 1.54) is 43.4 Å². The lowest BCUT2D eigenvalue weighted by atomic mass is 9.94. The van der Waals surface area contributed by atoms with Gasteiger partial charge < -0.3 is 14.8 Å². The molecular weight excluding hydrogens is 447 g/mol. The van der Waals surface area contributed by atoms with Crippen molar-refractivity contribution in [2.24, 2.45) is 0 Å². The molecule has 170 valence electrons. The van der Waals surface area contributed by atoms with Crippen LogP contribution in [-0.2, 0) is 20.2 Å². The number of hydrogen-bond donors (Lipinski definition) is 2. The molecule has 0 aromatic heterocycles. The highest BCUT2D eigenvalue weighted by Gasteiger charge is 2.51. The lowest BCUT2D eigenvalue weighted by molar-refractivity contribution is -0.118. The van der Waals surface area contributed by atoms with E-state index >= 15 is 0 Å². The van der Waals surface area contributed by atoms with Crippen LogP contribution in [0.15, 0.2) is 65.6 Å². The summed E-state index contributed by atoms with van der Waals surface area (Å²) in [5.41, 5.74) is 1.41. The van der Waals surface area contributed by atoms with Crippen molar-refractivity contribution in [3.05, 3.63) is 72.0 Å². The van der Waals surface area contributed by atoms with Crippen molar-refractivity contribution in [3.63, 3.8) is 0 Å². The quantitative estimate of drug-likeness (QED) is 0.574. The predicted molar refractivity (Wildman–Crippen MR) is 120 cm³/mol. The molecule has 1 aliphatic carbocycles. The number of carbonyl (C=O) groups is 1. The van der Waals surface area contributed by atoms with Crippen LogP contribution in [0.3, 0.4) is 0 Å². The minimum absolute atomic E-state index is 0.0815. The summed E-state index contributed by atoms with van der Waals surface area (Å²) in [6, 6.07) is 15.7. The first-order valence-electron chi connectivity index (χ1n) is 10.4. The van der Waals surface area contributed by atoms with E-state index in [2.05, 4.69) is 10.0 Å². The van der Waals surface area contributed by atoms with Crippen molar-refractivity contribution in [2.45, 2.75) is 23.2 Å². The van der Waals surface area contributed by atoms with Gasteiger partial charge in [-0.25, -0.2) is 17.5 Å². The number of benzene rings is 3. The van der Waals surface area contributed by atoms with Crippen molar-refractivity contribution in [1.82, 2.24) is 4.72 Å². The van der Waals surface area contributed by atoms with Gasteiger partial charge in [0.15, 0.2) is 11.5 Å². The first-order valence-corrected chi connectivity index (χ1v) is 11.9. The van der Waals surface area contributed by atoms with Crippen LogP contribution in [-0.4, -0.2) is 28.2 Å². The molecule has 33 heavy (non-hydrogen) atoms. The second-order valence-electron chi connectivity index (χ2n) is 8.03. The van der Waals surface area contributed by atoms with Gasteiger partial charge in [0.25, 0.3) is 0 Å². The molecule has 0 unspecified atom stereocenters. The number of ether oxygens (including phenoxy) is 2. The third kappa shape index (κ3) is 3.83. The van der Waals surface area contributed by atoms with E-state index in [9.17, 15) is 17.6 Å². The molecule has 0 saturated heterocycles. The van der Waals surface area contributed by atoms with Gasteiger partial charge in [0, 0.05) is 11.3 Å². The smallest absolute Gasteiger partial charge is 0.240 e. The molecule has 1 fully saturated rings. The van der Waals surface area contributed by atoms with Crippen LogP contribution in [0, 0.1) is 5.82 Å². The van der Waals surface area contributed by atoms with Gasteiger partial charge in [0.05, 0.1) is 10.3 Å². The monoisotopic (exact) mass is 468 g/mol. The van der Waals surface area contributed by atoms with E-state index in [1.54, 1.807) is 12.1 Å². The lowest BCUT2D eigenvalue weighted by Gasteiger charge is -2.17. The van der Waals surface area contributed by atoms with Crippen LogP contribution in [0.2, 0.25) is 0 Å². The maximum atomic E-state index is 14.6. The highest BCUT2D eigenvalue weighted by molar-refractivity contribution is 7.89. The molecule has 0 atom stereocenters. The highest BCUT2D eigenvalue weighted by Crippen LogP contribution is 2.51. The van der Waals surface area contributed by atoms with Crippen molar-refractivity contribution in [1.29, 1.82) is 0 Å². The van der Waals surface area contributed by atoms with Crippen molar-refractivity contribution in [3.8, 4) is 22.6 Å². The molecule has 3 aromatic carbocycles. The zero-order valence-electron chi connectivity index (χ0n) is 17.7. The number of anilines is 1. The van der Waals surface area contributed by atoms with E-state index in [0.717, 1.165) is 5.56 Å². The molecule has 2 N–H and O–H groups in total. The SMILES string of the molecule is CNS(=O)(=O)c1ccc(-c2cc(NC(=O)C3(c4ccc5c(c4)OCO5)CC3)ccc2F)cc1. The largest absolute Gasteiger partial charge is 0.454 e. The third-order valence-corrected chi connectivity index (χ3v) is 7.51. The fourth-order valence-corrected chi connectivity index (χ4v) is 4.70. The minimum Gasteiger partial charge on any atom is -0.454 e. The molecule has 1 saturated carbocycles. The minimum atomic E-state index is -3.59. The second kappa shape index (κ2) is 7.86. The average molecular weight is 469 g/mol. The molecule has 0 spiro atoms. The van der Waals surface area contributed by atoms with E-state index < -0.39 is 21.3 Å². The summed E-state index contributed by atoms with van der Waals surface area (Å²) in [7, 11) is -2.26. The summed E-state index contributed by atoms with van der Waals surface area (Å²) >= 11 is 0. The number of amides is 1. The van der Waals surface area contributed by atoms with E-state index in [-0.39, 0.29) is 23.2 Å². The van der Waals surface area contributed by atoms with Crippen LogP contribution in [0.5, 0.6) is 11.5 Å². The van der Waals surface area contributed by atoms with Crippen LogP contribution < -0.4 is 19.5 Å². The molecule has 7 nitrogen and oxygen atoms in total. The number of sulfonamides is 1. The normalized spacial score (nSPS) is 15.8. The van der Waals surface area contributed by atoms with Crippen molar-refractivity contribution >= 4 is 21.6 Å². The van der Waals surface area contributed by atoms with Gasteiger partial charge in [0.1, 0.15) is 5.82 Å². The fraction of sp³-hybridized carbons (Fsp3) is 0.208. The molecule has 0 bridgehead atoms. The second-order valence-corrected chi connectivity index (χ2v) is 9.92. The first kappa shape index (κ1) is 21.4. The molecule has 0 radical (unpaired) electrons. The zero-order chi connectivity index (χ0) is 23.2. The number of halogens is 1. The Bertz CT molecular complexity index is 1350. The summed E-state index contributed by atoms with van der Waals surface area (Å²) in [4.78, 5) is 13.2. The van der Waals surface area contributed by atoms with Crippen LogP contribution in [0.4, 0.5) is 10.1 Å². The van der Waals surface area contributed by atoms with Gasteiger partial charge in [-0.2, -0.15) is 0 Å². The Morgan fingerprint density at radius 3 is 2.39 bits per heavy atom. The Balaban J connectivity index is 1.39. The van der Waals surface area contributed by atoms with E-state index in [4.69, 9.17) is 9.47 Å². The Hall–Kier alpha value is -3.43. The first-order chi connectivity index (χ1) is 15.8. The van der Waals surface area contributed by atoms with Crippen LogP contribution in [0.1, 0.15) is 18.4 Å². The summed E-state index contributed by atoms with van der Waals surface area (Å²) in [5, 5.41) is 2.91. The Kier molecular flexibility index (Phi) is 5.10. The van der Waals surface area contributed by atoms with E-state index in [1.807, 2.05) is 12.1 Å². The van der Waals surface area contributed by atoms with Crippen molar-refractivity contribution < 1.29 is 27.1 Å². The Morgan fingerprint density at radius 2 is 1.70 bits per heavy atom. The number of carbonyl (C=O) groups excluding carboxylic acids is 1. The molecule has 9 heteroatoms. The molecule has 5 rings (SSSR count). The topological polar surface area (TPSA) is 93.7 Å². The van der Waals surface area contributed by atoms with Gasteiger partial charge >= 0.3 is 0 Å². The van der Waals surface area contributed by atoms with Gasteiger partial charge in [-0.05, 0) is 73.5 Å². The number of rotatable bonds is 6. The van der Waals surface area contributed by atoms with Gasteiger partial charge in [-0.1, -0.05) is 18.2 Å². The number of nitrogens with one attached hydrogen (secondary N) is 2. The molecule has 2 aliphatic rings. The highest BCUT2D eigenvalue weighted by atomic mass is 32.2.